The zero-order valence-corrected chi connectivity index (χ0v) is 8.36. The normalized spacial score (nSPS) is 21.2. The topological polar surface area (TPSA) is 20.2 Å². The minimum atomic E-state index is 0. The number of rotatable bonds is 1. The first-order valence-electron chi connectivity index (χ1n) is 4.02. The smallest absolute Gasteiger partial charge is 0.397 e. The standard InChI is InChI=1S/C6H7O.C5H5.Fe/c7-5-6-3-1-2-4-6;1-2-4-5-3-1;/h1-3,6-7H,5H2;1-3H,4H2;/q2*-1;+2. The number of aliphatic hydroxyl groups is 1. The molecule has 0 saturated carbocycles. The Hall–Kier alpha value is -0.561. The molecule has 0 aromatic heterocycles. The van der Waals surface area contributed by atoms with E-state index in [2.05, 4.69) is 18.2 Å². The molecule has 0 spiro atoms. The van der Waals surface area contributed by atoms with Gasteiger partial charge in [-0.15, -0.1) is 6.42 Å². The summed E-state index contributed by atoms with van der Waals surface area (Å²) < 4.78 is 0. The molecule has 2 aliphatic carbocycles. The third-order valence-corrected chi connectivity index (χ3v) is 1.53. The molecule has 2 rings (SSSR count). The van der Waals surface area contributed by atoms with Crippen molar-refractivity contribution in [2.45, 2.75) is 6.42 Å². The van der Waals surface area contributed by atoms with Crippen LogP contribution in [0.1, 0.15) is 6.42 Å². The van der Waals surface area contributed by atoms with Crippen LogP contribution in [0, 0.1) is 18.1 Å². The molecule has 70 valence electrons. The van der Waals surface area contributed by atoms with Crippen LogP contribution in [-0.4, -0.2) is 11.7 Å². The largest absolute Gasteiger partial charge is 2.00 e. The van der Waals surface area contributed by atoms with Crippen molar-refractivity contribution in [1.29, 1.82) is 0 Å². The van der Waals surface area contributed by atoms with Gasteiger partial charge in [0.1, 0.15) is 0 Å². The molecule has 0 bridgehead atoms. The fraction of sp³-hybridized carbons (Fsp3) is 0.273. The van der Waals surface area contributed by atoms with Crippen molar-refractivity contribution in [3.8, 4) is 0 Å². The third-order valence-electron chi connectivity index (χ3n) is 1.53. The Morgan fingerprint density at radius 1 is 1.31 bits per heavy atom. The van der Waals surface area contributed by atoms with E-state index in [4.69, 9.17) is 5.11 Å². The summed E-state index contributed by atoms with van der Waals surface area (Å²) in [5, 5.41) is 8.43. The molecule has 1 N–H and O–H groups in total. The van der Waals surface area contributed by atoms with Crippen LogP contribution in [0.5, 0.6) is 0 Å². The van der Waals surface area contributed by atoms with Crippen LogP contribution in [-0.2, 0) is 17.1 Å². The van der Waals surface area contributed by atoms with Crippen LogP contribution >= 0.6 is 0 Å². The number of aliphatic hydroxyl groups excluding tert-OH is 1. The molecular weight excluding hydrogens is 204 g/mol. The summed E-state index contributed by atoms with van der Waals surface area (Å²) in [4.78, 5) is 0. The van der Waals surface area contributed by atoms with Gasteiger partial charge in [0, 0.05) is 6.61 Å². The maximum atomic E-state index is 8.43. The van der Waals surface area contributed by atoms with Gasteiger partial charge < -0.3 is 5.11 Å². The molecule has 1 atom stereocenters. The molecule has 1 unspecified atom stereocenters. The van der Waals surface area contributed by atoms with Crippen LogP contribution in [0.2, 0.25) is 0 Å². The van der Waals surface area contributed by atoms with E-state index >= 15 is 0 Å². The van der Waals surface area contributed by atoms with Gasteiger partial charge in [-0.2, -0.15) is 12.2 Å². The molecule has 0 fully saturated rings. The quantitative estimate of drug-likeness (QED) is 0.523. The summed E-state index contributed by atoms with van der Waals surface area (Å²) in [5.74, 6) is 0.167. The molecule has 0 amide bonds. The van der Waals surface area contributed by atoms with Gasteiger partial charge in [-0.25, -0.2) is 24.3 Å². The second-order valence-corrected chi connectivity index (χ2v) is 2.51. The Morgan fingerprint density at radius 3 is 2.38 bits per heavy atom. The molecule has 2 aliphatic rings. The van der Waals surface area contributed by atoms with E-state index in [0.29, 0.717) is 0 Å². The van der Waals surface area contributed by atoms with E-state index in [0.717, 1.165) is 6.42 Å². The van der Waals surface area contributed by atoms with Gasteiger partial charge in [-0.1, -0.05) is 5.92 Å². The summed E-state index contributed by atoms with van der Waals surface area (Å²) in [6.45, 7) is 0.188. The maximum absolute atomic E-state index is 8.43. The molecule has 0 radical (unpaired) electrons. The average Bonchev–Trinajstić information content (AvgIpc) is 2.81. The monoisotopic (exact) mass is 216 g/mol. The molecule has 0 aromatic carbocycles. The molecule has 1 nitrogen and oxygen atoms in total. The van der Waals surface area contributed by atoms with Crippen molar-refractivity contribution in [3.05, 3.63) is 48.6 Å². The Labute approximate surface area is 90.0 Å². The Morgan fingerprint density at radius 2 is 2.15 bits per heavy atom. The van der Waals surface area contributed by atoms with Gasteiger partial charge in [0.2, 0.25) is 0 Å². The van der Waals surface area contributed by atoms with Crippen LogP contribution in [0.4, 0.5) is 0 Å². The zero-order chi connectivity index (χ0) is 8.65. The molecular formula is C11H12FeO. The summed E-state index contributed by atoms with van der Waals surface area (Å²) in [5.41, 5.74) is 0. The average molecular weight is 216 g/mol. The first-order valence-corrected chi connectivity index (χ1v) is 4.02. The van der Waals surface area contributed by atoms with E-state index in [9.17, 15) is 0 Å². The molecule has 0 heterocycles. The van der Waals surface area contributed by atoms with Crippen LogP contribution in [0.3, 0.4) is 0 Å². The van der Waals surface area contributed by atoms with Crippen molar-refractivity contribution in [3.63, 3.8) is 0 Å². The third kappa shape index (κ3) is 5.64. The van der Waals surface area contributed by atoms with Gasteiger partial charge in [0.15, 0.2) is 0 Å². The fourth-order valence-corrected chi connectivity index (χ4v) is 0.878. The number of hydrogen-bond acceptors (Lipinski definition) is 1. The predicted octanol–water partition coefficient (Wildman–Crippen LogP) is 1.83. The van der Waals surface area contributed by atoms with E-state index in [1.165, 1.54) is 0 Å². The first kappa shape index (κ1) is 12.4. The van der Waals surface area contributed by atoms with E-state index in [-0.39, 0.29) is 29.6 Å². The molecule has 0 aromatic rings. The predicted molar refractivity (Wildman–Crippen MR) is 49.1 cm³/mol. The summed E-state index contributed by atoms with van der Waals surface area (Å²) in [6, 6.07) is 0. The van der Waals surface area contributed by atoms with Crippen molar-refractivity contribution in [1.82, 2.24) is 0 Å². The summed E-state index contributed by atoms with van der Waals surface area (Å²) in [7, 11) is 0. The van der Waals surface area contributed by atoms with Crippen molar-refractivity contribution in [2.24, 2.45) is 5.92 Å². The van der Waals surface area contributed by atoms with Crippen LogP contribution < -0.4 is 0 Å². The van der Waals surface area contributed by atoms with Crippen molar-refractivity contribution >= 4 is 0 Å². The molecule has 13 heavy (non-hydrogen) atoms. The maximum Gasteiger partial charge on any atom is 2.00 e. The number of hydrogen-bond donors (Lipinski definition) is 1. The van der Waals surface area contributed by atoms with Gasteiger partial charge in [-0.3, -0.25) is 12.2 Å². The second-order valence-electron chi connectivity index (χ2n) is 2.51. The zero-order valence-electron chi connectivity index (χ0n) is 7.26. The van der Waals surface area contributed by atoms with E-state index < -0.39 is 0 Å². The molecule has 0 aliphatic heterocycles. The minimum Gasteiger partial charge on any atom is -0.397 e. The number of allylic oxidation sites excluding steroid dienone is 6. The van der Waals surface area contributed by atoms with Crippen molar-refractivity contribution in [2.75, 3.05) is 6.61 Å². The van der Waals surface area contributed by atoms with Crippen LogP contribution in [0.15, 0.2) is 36.5 Å². The first-order chi connectivity index (χ1) is 5.93. The van der Waals surface area contributed by atoms with Gasteiger partial charge >= 0.3 is 17.1 Å². The summed E-state index contributed by atoms with van der Waals surface area (Å²) >= 11 is 0. The summed E-state index contributed by atoms with van der Waals surface area (Å²) in [6.07, 6.45) is 18.5. The fourth-order valence-electron chi connectivity index (χ4n) is 0.878. The van der Waals surface area contributed by atoms with Crippen LogP contribution in [0.25, 0.3) is 0 Å². The minimum absolute atomic E-state index is 0. The van der Waals surface area contributed by atoms with Gasteiger partial charge in [0.25, 0.3) is 0 Å². The Bertz CT molecular complexity index is 204. The van der Waals surface area contributed by atoms with Crippen molar-refractivity contribution < 1.29 is 22.2 Å². The Balaban J connectivity index is 0.000000215. The molecule has 2 heteroatoms. The van der Waals surface area contributed by atoms with Gasteiger partial charge in [0.05, 0.1) is 0 Å². The second kappa shape index (κ2) is 8.06. The Kier molecular flexibility index (Phi) is 7.71. The van der Waals surface area contributed by atoms with E-state index in [1.807, 2.05) is 30.4 Å². The molecule has 0 saturated heterocycles. The van der Waals surface area contributed by atoms with E-state index in [1.54, 1.807) is 0 Å². The SMILES string of the molecule is OCC1[C-]=CC=C1.[C-]1=CC=CC1.[Fe+2]. The van der Waals surface area contributed by atoms with Gasteiger partial charge in [-0.05, 0) is 0 Å².